The Morgan fingerprint density at radius 2 is 1.83 bits per heavy atom. The maximum atomic E-state index is 12.8. The lowest BCUT2D eigenvalue weighted by Crippen LogP contribution is -2.39. The number of anilines is 1. The molecule has 0 bridgehead atoms. The molecular weight excluding hydrogens is 309 g/mol. The van der Waals surface area contributed by atoms with Gasteiger partial charge in [-0.25, -0.2) is 0 Å². The number of benzene rings is 1. The number of nitrogens with two attached hydrogens (primary N) is 1. The van der Waals surface area contributed by atoms with Crippen LogP contribution in [0.4, 0.5) is 18.9 Å². The number of piperidine rings is 1. The Morgan fingerprint density at radius 1 is 1.22 bits per heavy atom. The standard InChI is InChI=1S/C12H14BrF3N2/c13-11-2-1-9(7-10(11)12(14,15)16)18-5-3-8(17)4-6-18/h1-2,7-8H,3-6,17H2. The highest BCUT2D eigenvalue weighted by Gasteiger charge is 2.33. The van der Waals surface area contributed by atoms with Gasteiger partial charge < -0.3 is 10.6 Å². The molecule has 2 N–H and O–H groups in total. The Kier molecular flexibility index (Phi) is 3.87. The van der Waals surface area contributed by atoms with E-state index in [1.807, 2.05) is 4.90 Å². The lowest BCUT2D eigenvalue weighted by Gasteiger charge is -2.32. The molecule has 6 heteroatoms. The fraction of sp³-hybridized carbons (Fsp3) is 0.500. The fourth-order valence-electron chi connectivity index (χ4n) is 2.08. The van der Waals surface area contributed by atoms with Gasteiger partial charge in [0.15, 0.2) is 0 Å². The molecule has 0 radical (unpaired) electrons. The van der Waals surface area contributed by atoms with Crippen molar-refractivity contribution in [3.63, 3.8) is 0 Å². The van der Waals surface area contributed by atoms with Crippen LogP contribution < -0.4 is 10.6 Å². The Bertz CT molecular complexity index is 426. The van der Waals surface area contributed by atoms with Crippen LogP contribution in [0.15, 0.2) is 22.7 Å². The minimum Gasteiger partial charge on any atom is -0.371 e. The van der Waals surface area contributed by atoms with Gasteiger partial charge in [-0.05, 0) is 31.0 Å². The van der Waals surface area contributed by atoms with E-state index in [-0.39, 0.29) is 10.5 Å². The third-order valence-electron chi connectivity index (χ3n) is 3.16. The SMILES string of the molecule is NC1CCN(c2ccc(Br)c(C(F)(F)F)c2)CC1. The average molecular weight is 323 g/mol. The second kappa shape index (κ2) is 5.09. The molecule has 0 atom stereocenters. The van der Waals surface area contributed by atoms with E-state index >= 15 is 0 Å². The van der Waals surface area contributed by atoms with Crippen LogP contribution in [0.25, 0.3) is 0 Å². The molecule has 0 unspecified atom stereocenters. The summed E-state index contributed by atoms with van der Waals surface area (Å²) in [5, 5.41) is 0. The number of alkyl halides is 3. The van der Waals surface area contributed by atoms with Crippen molar-refractivity contribution >= 4 is 21.6 Å². The highest BCUT2D eigenvalue weighted by atomic mass is 79.9. The van der Waals surface area contributed by atoms with Crippen LogP contribution in [-0.4, -0.2) is 19.1 Å². The lowest BCUT2D eigenvalue weighted by atomic mass is 10.0. The quantitative estimate of drug-likeness (QED) is 0.858. The van der Waals surface area contributed by atoms with Gasteiger partial charge in [-0.1, -0.05) is 15.9 Å². The molecule has 1 aliphatic heterocycles. The summed E-state index contributed by atoms with van der Waals surface area (Å²) in [5.41, 5.74) is 5.76. The summed E-state index contributed by atoms with van der Waals surface area (Å²) in [4.78, 5) is 1.95. The lowest BCUT2D eigenvalue weighted by molar-refractivity contribution is -0.138. The summed E-state index contributed by atoms with van der Waals surface area (Å²) in [6, 6.07) is 4.52. The zero-order valence-electron chi connectivity index (χ0n) is 9.67. The van der Waals surface area contributed by atoms with E-state index < -0.39 is 11.7 Å². The Labute approximate surface area is 112 Å². The first-order valence-electron chi connectivity index (χ1n) is 5.75. The van der Waals surface area contributed by atoms with Crippen LogP contribution in [0.5, 0.6) is 0 Å². The smallest absolute Gasteiger partial charge is 0.371 e. The zero-order valence-corrected chi connectivity index (χ0v) is 11.3. The topological polar surface area (TPSA) is 29.3 Å². The van der Waals surface area contributed by atoms with Gasteiger partial charge in [-0.15, -0.1) is 0 Å². The largest absolute Gasteiger partial charge is 0.417 e. The maximum absolute atomic E-state index is 12.8. The van der Waals surface area contributed by atoms with Gasteiger partial charge >= 0.3 is 6.18 Å². The molecule has 100 valence electrons. The molecule has 1 saturated heterocycles. The van der Waals surface area contributed by atoms with Crippen molar-refractivity contribution in [2.75, 3.05) is 18.0 Å². The molecule has 0 aliphatic carbocycles. The number of rotatable bonds is 1. The maximum Gasteiger partial charge on any atom is 0.417 e. The average Bonchev–Trinajstić information content (AvgIpc) is 2.29. The summed E-state index contributed by atoms with van der Waals surface area (Å²) >= 11 is 2.94. The van der Waals surface area contributed by atoms with Gasteiger partial charge in [0, 0.05) is 29.3 Å². The van der Waals surface area contributed by atoms with Crippen LogP contribution in [-0.2, 0) is 6.18 Å². The molecule has 1 heterocycles. The summed E-state index contributed by atoms with van der Waals surface area (Å²) in [7, 11) is 0. The minimum atomic E-state index is -4.33. The molecule has 1 aromatic rings. The monoisotopic (exact) mass is 322 g/mol. The highest BCUT2D eigenvalue weighted by molar-refractivity contribution is 9.10. The summed E-state index contributed by atoms with van der Waals surface area (Å²) in [6.45, 7) is 1.42. The van der Waals surface area contributed by atoms with Gasteiger partial charge in [0.05, 0.1) is 5.56 Å². The molecule has 2 rings (SSSR count). The first-order chi connectivity index (χ1) is 8.38. The number of hydrogen-bond acceptors (Lipinski definition) is 2. The minimum absolute atomic E-state index is 0.0764. The number of halogens is 4. The van der Waals surface area contributed by atoms with Crippen molar-refractivity contribution in [1.82, 2.24) is 0 Å². The van der Waals surface area contributed by atoms with Gasteiger partial charge in [0.25, 0.3) is 0 Å². The fourth-order valence-corrected chi connectivity index (χ4v) is 2.56. The normalized spacial score (nSPS) is 18.2. The molecule has 0 saturated carbocycles. The van der Waals surface area contributed by atoms with Crippen LogP contribution in [0, 0.1) is 0 Å². The van der Waals surface area contributed by atoms with Gasteiger partial charge in [0.1, 0.15) is 0 Å². The van der Waals surface area contributed by atoms with Crippen LogP contribution in [0.1, 0.15) is 18.4 Å². The van der Waals surface area contributed by atoms with Crippen molar-refractivity contribution in [2.24, 2.45) is 5.73 Å². The predicted octanol–water partition coefficient (Wildman–Crippen LogP) is 3.40. The molecule has 1 fully saturated rings. The molecule has 0 aromatic heterocycles. The second-order valence-corrected chi connectivity index (χ2v) is 5.34. The highest BCUT2D eigenvalue weighted by Crippen LogP contribution is 2.37. The first kappa shape index (κ1) is 13.7. The van der Waals surface area contributed by atoms with E-state index in [1.165, 1.54) is 12.1 Å². The molecule has 0 spiro atoms. The van der Waals surface area contributed by atoms with Gasteiger partial charge in [-0.3, -0.25) is 0 Å². The van der Waals surface area contributed by atoms with Crippen molar-refractivity contribution in [3.05, 3.63) is 28.2 Å². The zero-order chi connectivity index (χ0) is 13.3. The summed E-state index contributed by atoms with van der Waals surface area (Å²) in [5.74, 6) is 0. The Hall–Kier alpha value is -0.750. The summed E-state index contributed by atoms with van der Waals surface area (Å²) in [6.07, 6.45) is -2.70. The number of nitrogens with zero attached hydrogens (tertiary/aromatic N) is 1. The third kappa shape index (κ3) is 2.98. The van der Waals surface area contributed by atoms with E-state index in [2.05, 4.69) is 15.9 Å². The molecule has 1 aliphatic rings. The van der Waals surface area contributed by atoms with Crippen molar-refractivity contribution in [2.45, 2.75) is 25.1 Å². The van der Waals surface area contributed by atoms with E-state index in [0.29, 0.717) is 18.8 Å². The molecule has 1 aromatic carbocycles. The van der Waals surface area contributed by atoms with Crippen LogP contribution in [0.3, 0.4) is 0 Å². The molecular formula is C12H14BrF3N2. The Balaban J connectivity index is 2.24. The predicted molar refractivity (Wildman–Crippen MR) is 68.6 cm³/mol. The van der Waals surface area contributed by atoms with E-state index in [4.69, 9.17) is 5.73 Å². The summed E-state index contributed by atoms with van der Waals surface area (Å²) < 4.78 is 38.4. The van der Waals surface area contributed by atoms with Crippen molar-refractivity contribution in [3.8, 4) is 0 Å². The second-order valence-electron chi connectivity index (χ2n) is 4.49. The van der Waals surface area contributed by atoms with Gasteiger partial charge in [0.2, 0.25) is 0 Å². The molecule has 18 heavy (non-hydrogen) atoms. The number of hydrogen-bond donors (Lipinski definition) is 1. The molecule has 0 amide bonds. The van der Waals surface area contributed by atoms with E-state index in [0.717, 1.165) is 12.8 Å². The van der Waals surface area contributed by atoms with E-state index in [9.17, 15) is 13.2 Å². The van der Waals surface area contributed by atoms with Crippen molar-refractivity contribution < 1.29 is 13.2 Å². The van der Waals surface area contributed by atoms with E-state index in [1.54, 1.807) is 6.07 Å². The first-order valence-corrected chi connectivity index (χ1v) is 6.54. The van der Waals surface area contributed by atoms with Gasteiger partial charge in [-0.2, -0.15) is 13.2 Å². The van der Waals surface area contributed by atoms with Crippen LogP contribution in [0.2, 0.25) is 0 Å². The molecule has 2 nitrogen and oxygen atoms in total. The van der Waals surface area contributed by atoms with Crippen LogP contribution >= 0.6 is 15.9 Å². The third-order valence-corrected chi connectivity index (χ3v) is 3.85. The Morgan fingerprint density at radius 3 is 2.39 bits per heavy atom. The van der Waals surface area contributed by atoms with Crippen molar-refractivity contribution in [1.29, 1.82) is 0 Å².